The van der Waals surface area contributed by atoms with Crippen LogP contribution in [0.2, 0.25) is 0 Å². The van der Waals surface area contributed by atoms with Crippen LogP contribution >= 0.6 is 0 Å². The van der Waals surface area contributed by atoms with E-state index in [9.17, 15) is 9.18 Å². The molecule has 1 aliphatic heterocycles. The Morgan fingerprint density at radius 3 is 3.00 bits per heavy atom. The van der Waals surface area contributed by atoms with Crippen molar-refractivity contribution >= 4 is 12.2 Å². The number of nitrogens with one attached hydrogen (secondary N) is 1. The standard InChI is InChI=1S/C4H5FN2O/c5-1-3-4(8)7-2-6-3/h2-3H,1H2,(H,6,7,8). The lowest BCUT2D eigenvalue weighted by molar-refractivity contribution is -0.120. The van der Waals surface area contributed by atoms with Gasteiger partial charge in [0, 0.05) is 0 Å². The lowest BCUT2D eigenvalue weighted by atomic mass is 10.3. The number of nitrogens with zero attached hydrogens (tertiary/aromatic N) is 1. The molecule has 8 heavy (non-hydrogen) atoms. The first kappa shape index (κ1) is 5.21. The van der Waals surface area contributed by atoms with Crippen molar-refractivity contribution in [1.82, 2.24) is 5.32 Å². The fraction of sp³-hybridized carbons (Fsp3) is 0.500. The van der Waals surface area contributed by atoms with E-state index < -0.39 is 12.7 Å². The Bertz CT molecular complexity index is 134. The molecule has 0 fully saturated rings. The van der Waals surface area contributed by atoms with Crippen LogP contribution in [0, 0.1) is 0 Å². The quantitative estimate of drug-likeness (QED) is 0.492. The van der Waals surface area contributed by atoms with Gasteiger partial charge in [-0.25, -0.2) is 4.39 Å². The molecule has 44 valence electrons. The summed E-state index contributed by atoms with van der Waals surface area (Å²) in [6.07, 6.45) is 1.21. The van der Waals surface area contributed by atoms with Gasteiger partial charge in [0.25, 0.3) is 5.91 Å². The van der Waals surface area contributed by atoms with Crippen LogP contribution in [0.3, 0.4) is 0 Å². The molecule has 0 bridgehead atoms. The van der Waals surface area contributed by atoms with Crippen molar-refractivity contribution in [2.24, 2.45) is 4.99 Å². The lowest BCUT2D eigenvalue weighted by Gasteiger charge is -1.93. The lowest BCUT2D eigenvalue weighted by Crippen LogP contribution is -2.25. The maximum atomic E-state index is 11.6. The highest BCUT2D eigenvalue weighted by Gasteiger charge is 2.19. The van der Waals surface area contributed by atoms with Gasteiger partial charge in [0.1, 0.15) is 6.67 Å². The van der Waals surface area contributed by atoms with Crippen LogP contribution in [-0.2, 0) is 4.79 Å². The Hall–Kier alpha value is -0.930. The van der Waals surface area contributed by atoms with E-state index in [1.54, 1.807) is 0 Å². The van der Waals surface area contributed by atoms with Crippen molar-refractivity contribution in [2.75, 3.05) is 6.67 Å². The van der Waals surface area contributed by atoms with Gasteiger partial charge in [-0.05, 0) is 0 Å². The Labute approximate surface area is 45.6 Å². The van der Waals surface area contributed by atoms with Crippen LogP contribution in [0.1, 0.15) is 0 Å². The Morgan fingerprint density at radius 1 is 2.00 bits per heavy atom. The highest BCUT2D eigenvalue weighted by atomic mass is 19.1. The van der Waals surface area contributed by atoms with Crippen molar-refractivity contribution in [3.8, 4) is 0 Å². The molecule has 3 nitrogen and oxygen atoms in total. The third-order valence-electron chi connectivity index (χ3n) is 0.910. The molecule has 0 aromatic rings. The smallest absolute Gasteiger partial charge is 0.252 e. The average molecular weight is 116 g/mol. The number of hydrogen-bond acceptors (Lipinski definition) is 2. The fourth-order valence-corrected chi connectivity index (χ4v) is 0.465. The van der Waals surface area contributed by atoms with E-state index in [1.165, 1.54) is 6.34 Å². The maximum Gasteiger partial charge on any atom is 0.252 e. The van der Waals surface area contributed by atoms with Gasteiger partial charge in [-0.3, -0.25) is 9.79 Å². The van der Waals surface area contributed by atoms with Gasteiger partial charge in [0.15, 0.2) is 6.04 Å². The monoisotopic (exact) mass is 116 g/mol. The zero-order valence-corrected chi connectivity index (χ0v) is 4.10. The maximum absolute atomic E-state index is 11.6. The normalized spacial score (nSPS) is 26.1. The number of aliphatic imine (C=N–C) groups is 1. The Balaban J connectivity index is 2.53. The van der Waals surface area contributed by atoms with Gasteiger partial charge in [0.05, 0.1) is 6.34 Å². The van der Waals surface area contributed by atoms with Crippen LogP contribution in [-0.4, -0.2) is 25.0 Å². The number of rotatable bonds is 1. The first-order valence-corrected chi connectivity index (χ1v) is 2.22. The molecule has 1 heterocycles. The Kier molecular flexibility index (Phi) is 1.24. The predicted molar refractivity (Wildman–Crippen MR) is 26.4 cm³/mol. The minimum Gasteiger partial charge on any atom is -0.315 e. The molecule has 1 rings (SSSR count). The van der Waals surface area contributed by atoms with Crippen LogP contribution < -0.4 is 5.32 Å². The van der Waals surface area contributed by atoms with Crippen LogP contribution in [0.4, 0.5) is 4.39 Å². The summed E-state index contributed by atoms with van der Waals surface area (Å²) < 4.78 is 11.6. The summed E-state index contributed by atoms with van der Waals surface area (Å²) in [5, 5.41) is 2.25. The Morgan fingerprint density at radius 2 is 2.75 bits per heavy atom. The van der Waals surface area contributed by atoms with Crippen molar-refractivity contribution in [2.45, 2.75) is 6.04 Å². The number of amides is 1. The number of halogens is 1. The van der Waals surface area contributed by atoms with Crippen LogP contribution in [0.15, 0.2) is 4.99 Å². The number of alkyl halides is 1. The van der Waals surface area contributed by atoms with Gasteiger partial charge >= 0.3 is 0 Å². The molecule has 0 aromatic heterocycles. The summed E-state index contributed by atoms with van der Waals surface area (Å²) in [5.74, 6) is -0.354. The van der Waals surface area contributed by atoms with E-state index in [4.69, 9.17) is 0 Å². The van der Waals surface area contributed by atoms with Gasteiger partial charge in [-0.15, -0.1) is 0 Å². The fourth-order valence-electron chi connectivity index (χ4n) is 0.465. The summed E-state index contributed by atoms with van der Waals surface area (Å²) >= 11 is 0. The van der Waals surface area contributed by atoms with E-state index >= 15 is 0 Å². The molecule has 1 N–H and O–H groups in total. The van der Waals surface area contributed by atoms with Crippen molar-refractivity contribution < 1.29 is 9.18 Å². The number of carbonyl (C=O) groups excluding carboxylic acids is 1. The summed E-state index contributed by atoms with van der Waals surface area (Å²) in [6, 6.07) is -0.782. The van der Waals surface area contributed by atoms with E-state index in [2.05, 4.69) is 10.3 Å². The van der Waals surface area contributed by atoms with E-state index in [0.717, 1.165) is 0 Å². The summed E-state index contributed by atoms with van der Waals surface area (Å²) in [4.78, 5) is 13.8. The van der Waals surface area contributed by atoms with Gasteiger partial charge in [-0.1, -0.05) is 0 Å². The molecule has 0 saturated carbocycles. The van der Waals surface area contributed by atoms with E-state index in [-0.39, 0.29) is 5.91 Å². The summed E-state index contributed by atoms with van der Waals surface area (Å²) in [6.45, 7) is -0.706. The second-order valence-electron chi connectivity index (χ2n) is 1.46. The second-order valence-corrected chi connectivity index (χ2v) is 1.46. The van der Waals surface area contributed by atoms with Crippen molar-refractivity contribution in [1.29, 1.82) is 0 Å². The van der Waals surface area contributed by atoms with Crippen molar-refractivity contribution in [3.63, 3.8) is 0 Å². The minimum atomic E-state index is -0.782. The highest BCUT2D eigenvalue weighted by Crippen LogP contribution is 1.94. The number of hydrogen-bond donors (Lipinski definition) is 1. The molecule has 4 heteroatoms. The molecule has 0 radical (unpaired) electrons. The van der Waals surface area contributed by atoms with Gasteiger partial charge in [0.2, 0.25) is 0 Å². The molecule has 1 atom stereocenters. The molecular formula is C4H5FN2O. The molecule has 0 aromatic carbocycles. The molecule has 1 aliphatic rings. The largest absolute Gasteiger partial charge is 0.315 e. The molecule has 0 saturated heterocycles. The second kappa shape index (κ2) is 1.90. The minimum absolute atomic E-state index is 0.354. The topological polar surface area (TPSA) is 41.5 Å². The highest BCUT2D eigenvalue weighted by molar-refractivity contribution is 5.96. The SMILES string of the molecule is O=C1NC=NC1CF. The van der Waals surface area contributed by atoms with Crippen LogP contribution in [0.25, 0.3) is 0 Å². The molecule has 0 spiro atoms. The zero-order valence-electron chi connectivity index (χ0n) is 4.10. The average Bonchev–Trinajstić information content (AvgIpc) is 2.14. The molecule has 1 amide bonds. The number of carbonyl (C=O) groups is 1. The van der Waals surface area contributed by atoms with E-state index in [0.29, 0.717) is 0 Å². The molecule has 1 unspecified atom stereocenters. The third-order valence-corrected chi connectivity index (χ3v) is 0.910. The van der Waals surface area contributed by atoms with E-state index in [1.807, 2.05) is 0 Å². The summed E-state index contributed by atoms with van der Waals surface area (Å²) in [7, 11) is 0. The molecular weight excluding hydrogens is 111 g/mol. The molecule has 0 aliphatic carbocycles. The zero-order chi connectivity index (χ0) is 5.98. The van der Waals surface area contributed by atoms with Gasteiger partial charge < -0.3 is 5.32 Å². The predicted octanol–water partition coefficient (Wildman–Crippen LogP) is -0.517. The third kappa shape index (κ3) is 0.685. The first-order valence-electron chi connectivity index (χ1n) is 2.22. The summed E-state index contributed by atoms with van der Waals surface area (Å²) in [5.41, 5.74) is 0. The van der Waals surface area contributed by atoms with Crippen molar-refractivity contribution in [3.05, 3.63) is 0 Å². The van der Waals surface area contributed by atoms with Crippen LogP contribution in [0.5, 0.6) is 0 Å². The first-order chi connectivity index (χ1) is 3.84. The van der Waals surface area contributed by atoms with Gasteiger partial charge in [-0.2, -0.15) is 0 Å².